The summed E-state index contributed by atoms with van der Waals surface area (Å²) in [5.41, 5.74) is 3.98. The maximum atomic E-state index is 12.6. The maximum Gasteiger partial charge on any atom is 0.315 e. The molecule has 126 valence electrons. The van der Waals surface area contributed by atoms with Gasteiger partial charge in [-0.05, 0) is 37.5 Å². The largest absolute Gasteiger partial charge is 0.468 e. The predicted octanol–water partition coefficient (Wildman–Crippen LogP) is 2.29. The van der Waals surface area contributed by atoms with Crippen LogP contribution in [0.25, 0.3) is 0 Å². The van der Waals surface area contributed by atoms with Gasteiger partial charge in [-0.15, -0.1) is 0 Å². The summed E-state index contributed by atoms with van der Waals surface area (Å²) in [6.07, 6.45) is 1.75. The van der Waals surface area contributed by atoms with Crippen molar-refractivity contribution in [2.45, 2.75) is 32.7 Å². The van der Waals surface area contributed by atoms with Crippen molar-refractivity contribution in [3.05, 3.63) is 34.9 Å². The number of hydrogen-bond acceptors (Lipinski definition) is 5. The van der Waals surface area contributed by atoms with Crippen molar-refractivity contribution in [2.24, 2.45) is 21.8 Å². The summed E-state index contributed by atoms with van der Waals surface area (Å²) in [6, 6.07) is 5.73. The molecular weight excluding hydrogens is 304 g/mol. The highest BCUT2D eigenvalue weighted by molar-refractivity contribution is 6.06. The number of aryl methyl sites for hydroxylation is 1. The second-order valence-electron chi connectivity index (χ2n) is 6.56. The molecule has 2 aliphatic heterocycles. The zero-order chi connectivity index (χ0) is 17.4. The SMILES string of the molecule is COC(=O)C1C(C)=NC2C=NCC(=O)C2C1c1cccc(C)c1C. The first-order valence-electron chi connectivity index (χ1n) is 8.16. The van der Waals surface area contributed by atoms with E-state index in [0.717, 1.165) is 16.7 Å². The van der Waals surface area contributed by atoms with Crippen molar-refractivity contribution < 1.29 is 14.3 Å². The van der Waals surface area contributed by atoms with Crippen LogP contribution >= 0.6 is 0 Å². The molecule has 0 spiro atoms. The molecule has 0 radical (unpaired) electrons. The average molecular weight is 326 g/mol. The van der Waals surface area contributed by atoms with Crippen LogP contribution in [0.1, 0.15) is 29.5 Å². The Morgan fingerprint density at radius 3 is 2.67 bits per heavy atom. The smallest absolute Gasteiger partial charge is 0.315 e. The summed E-state index contributed by atoms with van der Waals surface area (Å²) in [7, 11) is 1.38. The minimum atomic E-state index is -0.535. The molecule has 1 aromatic rings. The molecule has 0 saturated carbocycles. The number of esters is 1. The van der Waals surface area contributed by atoms with Crippen molar-refractivity contribution in [3.8, 4) is 0 Å². The summed E-state index contributed by atoms with van der Waals surface area (Å²) in [6.45, 7) is 6.07. The number of rotatable bonds is 2. The van der Waals surface area contributed by atoms with Crippen molar-refractivity contribution in [1.82, 2.24) is 0 Å². The molecule has 0 saturated heterocycles. The predicted molar refractivity (Wildman–Crippen MR) is 92.9 cm³/mol. The van der Waals surface area contributed by atoms with Crippen LogP contribution in [0.4, 0.5) is 0 Å². The molecule has 24 heavy (non-hydrogen) atoms. The Hall–Kier alpha value is -2.30. The summed E-state index contributed by atoms with van der Waals surface area (Å²) < 4.78 is 5.03. The first kappa shape index (κ1) is 16.6. The summed E-state index contributed by atoms with van der Waals surface area (Å²) in [5, 5.41) is 0. The van der Waals surface area contributed by atoms with E-state index >= 15 is 0 Å². The fourth-order valence-corrected chi connectivity index (χ4v) is 3.90. The quantitative estimate of drug-likeness (QED) is 0.783. The number of fused-ring (bicyclic) bond motifs is 1. The van der Waals surface area contributed by atoms with Gasteiger partial charge >= 0.3 is 5.97 Å². The van der Waals surface area contributed by atoms with E-state index in [1.807, 2.05) is 39.0 Å². The zero-order valence-corrected chi connectivity index (χ0v) is 14.4. The third-order valence-corrected chi connectivity index (χ3v) is 5.25. The molecule has 2 heterocycles. The number of nitrogens with zero attached hydrogens (tertiary/aromatic N) is 2. The molecule has 0 bridgehead atoms. The normalized spacial score (nSPS) is 29.0. The van der Waals surface area contributed by atoms with E-state index in [4.69, 9.17) is 4.74 Å². The Kier molecular flexibility index (Phi) is 4.35. The van der Waals surface area contributed by atoms with Gasteiger partial charge in [-0.25, -0.2) is 0 Å². The summed E-state index contributed by atoms with van der Waals surface area (Å²) in [5.74, 6) is -1.46. The van der Waals surface area contributed by atoms with Gasteiger partial charge in [0.25, 0.3) is 0 Å². The fourth-order valence-electron chi connectivity index (χ4n) is 3.90. The van der Waals surface area contributed by atoms with E-state index in [9.17, 15) is 9.59 Å². The van der Waals surface area contributed by atoms with Gasteiger partial charge in [-0.3, -0.25) is 19.6 Å². The Morgan fingerprint density at radius 2 is 1.96 bits per heavy atom. The van der Waals surface area contributed by atoms with Crippen LogP contribution in [0.2, 0.25) is 0 Å². The van der Waals surface area contributed by atoms with Crippen LogP contribution in [0.15, 0.2) is 28.2 Å². The first-order valence-corrected chi connectivity index (χ1v) is 8.16. The third kappa shape index (κ3) is 2.58. The lowest BCUT2D eigenvalue weighted by Crippen LogP contribution is -2.48. The Morgan fingerprint density at radius 1 is 1.21 bits per heavy atom. The molecule has 3 rings (SSSR count). The van der Waals surface area contributed by atoms with Gasteiger partial charge in [0.2, 0.25) is 0 Å². The lowest BCUT2D eigenvalue weighted by atomic mass is 9.67. The van der Waals surface area contributed by atoms with Crippen molar-refractivity contribution in [2.75, 3.05) is 13.7 Å². The monoisotopic (exact) mass is 326 g/mol. The van der Waals surface area contributed by atoms with Crippen LogP contribution in [0, 0.1) is 25.7 Å². The fraction of sp³-hybridized carbons (Fsp3) is 0.474. The number of hydrogen-bond donors (Lipinski definition) is 0. The molecular formula is C19H22N2O3. The molecule has 4 unspecified atom stereocenters. The molecule has 5 heteroatoms. The number of Topliss-reactive ketones (excluding diaryl/α,β-unsaturated/α-hetero) is 1. The minimum Gasteiger partial charge on any atom is -0.468 e. The van der Waals surface area contributed by atoms with Gasteiger partial charge < -0.3 is 4.74 Å². The van der Waals surface area contributed by atoms with E-state index < -0.39 is 5.92 Å². The lowest BCUT2D eigenvalue weighted by molar-refractivity contribution is -0.144. The van der Waals surface area contributed by atoms with E-state index in [-0.39, 0.29) is 36.2 Å². The second-order valence-corrected chi connectivity index (χ2v) is 6.56. The van der Waals surface area contributed by atoms with E-state index in [2.05, 4.69) is 9.98 Å². The summed E-state index contributed by atoms with van der Waals surface area (Å²) >= 11 is 0. The number of aliphatic imine (C=N–C) groups is 2. The standard InChI is InChI=1S/C19H22N2O3/c1-10-6-5-7-13(11(10)2)17-16(19(23)24-4)12(3)21-14-8-20-9-15(22)18(14)17/h5-8,14,16-18H,9H2,1-4H3. The van der Waals surface area contributed by atoms with Gasteiger partial charge in [-0.2, -0.15) is 0 Å². The van der Waals surface area contributed by atoms with Gasteiger partial charge in [0.05, 0.1) is 25.6 Å². The number of methoxy groups -OCH3 is 1. The highest BCUT2D eigenvalue weighted by Crippen LogP contribution is 2.43. The van der Waals surface area contributed by atoms with Gasteiger partial charge in [0.1, 0.15) is 5.92 Å². The molecule has 1 aromatic carbocycles. The van der Waals surface area contributed by atoms with E-state index in [1.165, 1.54) is 7.11 Å². The molecule has 0 fully saturated rings. The van der Waals surface area contributed by atoms with Gasteiger partial charge in [0, 0.05) is 17.8 Å². The Bertz CT molecular complexity index is 751. The summed E-state index contributed by atoms with van der Waals surface area (Å²) in [4.78, 5) is 33.8. The molecule has 0 aliphatic carbocycles. The first-order chi connectivity index (χ1) is 11.5. The van der Waals surface area contributed by atoms with Crippen molar-refractivity contribution >= 4 is 23.7 Å². The molecule has 4 atom stereocenters. The second kappa shape index (κ2) is 6.30. The maximum absolute atomic E-state index is 12.6. The number of carbonyl (C=O) groups is 2. The highest BCUT2D eigenvalue weighted by atomic mass is 16.5. The topological polar surface area (TPSA) is 68.1 Å². The van der Waals surface area contributed by atoms with Gasteiger partial charge in [0.15, 0.2) is 5.78 Å². The van der Waals surface area contributed by atoms with Crippen LogP contribution in [0.5, 0.6) is 0 Å². The molecule has 0 N–H and O–H groups in total. The number of benzene rings is 1. The van der Waals surface area contributed by atoms with Crippen molar-refractivity contribution in [1.29, 1.82) is 0 Å². The average Bonchev–Trinajstić information content (AvgIpc) is 2.56. The van der Waals surface area contributed by atoms with Crippen LogP contribution in [-0.2, 0) is 14.3 Å². The van der Waals surface area contributed by atoms with Crippen LogP contribution in [0.3, 0.4) is 0 Å². The Labute approximate surface area is 141 Å². The van der Waals surface area contributed by atoms with E-state index in [0.29, 0.717) is 5.71 Å². The van der Waals surface area contributed by atoms with Gasteiger partial charge in [-0.1, -0.05) is 18.2 Å². The minimum absolute atomic E-state index is 0.0403. The molecule has 2 aliphatic rings. The zero-order valence-electron chi connectivity index (χ0n) is 14.4. The third-order valence-electron chi connectivity index (χ3n) is 5.25. The Balaban J connectivity index is 2.21. The lowest BCUT2D eigenvalue weighted by Gasteiger charge is -2.40. The van der Waals surface area contributed by atoms with Crippen molar-refractivity contribution in [3.63, 3.8) is 0 Å². The molecule has 0 aromatic heterocycles. The number of ketones is 1. The van der Waals surface area contributed by atoms with Crippen LogP contribution in [-0.4, -0.2) is 43.4 Å². The van der Waals surface area contributed by atoms with Crippen LogP contribution < -0.4 is 0 Å². The highest BCUT2D eigenvalue weighted by Gasteiger charge is 2.48. The molecule has 5 nitrogen and oxygen atoms in total. The van der Waals surface area contributed by atoms with E-state index in [1.54, 1.807) is 6.21 Å². The molecule has 0 amide bonds. The number of ether oxygens (including phenoxy) is 1. The number of carbonyl (C=O) groups excluding carboxylic acids is 2.